The van der Waals surface area contributed by atoms with Crippen LogP contribution in [-0.2, 0) is 7.05 Å². The lowest BCUT2D eigenvalue weighted by atomic mass is 9.89. The highest BCUT2D eigenvalue weighted by molar-refractivity contribution is 7.19. The van der Waals surface area contributed by atoms with Gasteiger partial charge in [0, 0.05) is 37.2 Å². The molecule has 1 aromatic carbocycles. The van der Waals surface area contributed by atoms with Crippen LogP contribution >= 0.6 is 46.1 Å². The molecule has 0 radical (unpaired) electrons. The molecule has 4 rings (SSSR count). The number of amides is 1. The quantitative estimate of drug-likeness (QED) is 0.476. The lowest BCUT2D eigenvalue weighted by Gasteiger charge is -2.31. The number of aromatic nitrogens is 1. The third-order valence-electron chi connectivity index (χ3n) is 5.10. The van der Waals surface area contributed by atoms with Gasteiger partial charge in [-0.3, -0.25) is 4.79 Å². The number of piperidine rings is 1. The van der Waals surface area contributed by atoms with Crippen molar-refractivity contribution in [3.05, 3.63) is 55.3 Å². The average molecular weight is 428 g/mol. The Morgan fingerprint density at radius 2 is 1.81 bits per heavy atom. The summed E-state index contributed by atoms with van der Waals surface area (Å²) < 4.78 is 2.54. The van der Waals surface area contributed by atoms with Gasteiger partial charge in [-0.15, -0.1) is 11.3 Å². The summed E-state index contributed by atoms with van der Waals surface area (Å²) in [6, 6.07) is 8.46. The van der Waals surface area contributed by atoms with Crippen molar-refractivity contribution in [3.63, 3.8) is 0 Å². The highest BCUT2D eigenvalue weighted by Crippen LogP contribution is 2.41. The molecule has 3 aromatic rings. The van der Waals surface area contributed by atoms with Crippen molar-refractivity contribution >= 4 is 62.9 Å². The fourth-order valence-corrected chi connectivity index (χ4v) is 5.50. The molecule has 0 atom stereocenters. The van der Waals surface area contributed by atoms with Crippen LogP contribution < -0.4 is 0 Å². The van der Waals surface area contributed by atoms with Gasteiger partial charge in [0.15, 0.2) is 0 Å². The van der Waals surface area contributed by atoms with Gasteiger partial charge in [0.25, 0.3) is 5.91 Å². The van der Waals surface area contributed by atoms with E-state index in [-0.39, 0.29) is 16.0 Å². The molecule has 0 aliphatic carbocycles. The minimum Gasteiger partial charge on any atom is -0.350 e. The smallest absolute Gasteiger partial charge is 0.265 e. The van der Waals surface area contributed by atoms with Crippen LogP contribution in [0.1, 0.15) is 34.0 Å². The van der Waals surface area contributed by atoms with E-state index in [2.05, 4.69) is 42.1 Å². The first-order valence-corrected chi connectivity index (χ1v) is 10.4. The first kappa shape index (κ1) is 18.2. The highest BCUT2D eigenvalue weighted by Gasteiger charge is 2.29. The van der Waals surface area contributed by atoms with Crippen molar-refractivity contribution in [2.75, 3.05) is 13.1 Å². The third-order valence-corrected chi connectivity index (χ3v) is 7.66. The molecule has 0 saturated carbocycles. The largest absolute Gasteiger partial charge is 0.350 e. The predicted molar refractivity (Wildman–Crippen MR) is 110 cm³/mol. The molecule has 1 amide bonds. The van der Waals surface area contributed by atoms with Gasteiger partial charge in [0.1, 0.15) is 9.21 Å². The molecule has 7 heteroatoms. The molecule has 0 bridgehead atoms. The first-order valence-electron chi connectivity index (χ1n) is 8.44. The van der Waals surface area contributed by atoms with Gasteiger partial charge in [-0.25, -0.2) is 0 Å². The van der Waals surface area contributed by atoms with Crippen molar-refractivity contribution in [1.82, 2.24) is 9.47 Å². The second-order valence-electron chi connectivity index (χ2n) is 6.61. The van der Waals surface area contributed by atoms with Crippen LogP contribution in [0.5, 0.6) is 0 Å². The Balaban J connectivity index is 1.52. The van der Waals surface area contributed by atoms with Crippen molar-refractivity contribution < 1.29 is 4.79 Å². The summed E-state index contributed by atoms with van der Waals surface area (Å²) in [6.07, 6.45) is 4.09. The van der Waals surface area contributed by atoms with Crippen molar-refractivity contribution in [2.45, 2.75) is 18.8 Å². The first-order chi connectivity index (χ1) is 12.5. The van der Waals surface area contributed by atoms with Crippen molar-refractivity contribution in [1.29, 1.82) is 0 Å². The summed E-state index contributed by atoms with van der Waals surface area (Å²) in [5.74, 6) is 0.376. The molecule has 3 nitrogen and oxygen atoms in total. The molecule has 3 heterocycles. The number of para-hydroxylation sites is 1. The van der Waals surface area contributed by atoms with E-state index in [1.54, 1.807) is 0 Å². The Morgan fingerprint density at radius 3 is 2.46 bits per heavy atom. The van der Waals surface area contributed by atoms with Crippen LogP contribution in [0, 0.1) is 0 Å². The SMILES string of the molecule is Cn1cc(C2CCN(C(=O)c3sc(Cl)c(Cl)c3Cl)CC2)c2ccccc21. The summed E-state index contributed by atoms with van der Waals surface area (Å²) in [7, 11) is 2.08. The molecule has 136 valence electrons. The molecule has 2 aromatic heterocycles. The van der Waals surface area contributed by atoms with Crippen molar-refractivity contribution in [3.8, 4) is 0 Å². The fraction of sp³-hybridized carbons (Fsp3) is 0.316. The zero-order valence-electron chi connectivity index (χ0n) is 14.1. The Bertz CT molecular complexity index is 986. The van der Waals surface area contributed by atoms with Crippen LogP contribution in [0.15, 0.2) is 30.5 Å². The number of benzene rings is 1. The van der Waals surface area contributed by atoms with Crippen LogP contribution in [0.25, 0.3) is 10.9 Å². The number of hydrogen-bond acceptors (Lipinski definition) is 2. The Kier molecular flexibility index (Phi) is 4.95. The zero-order chi connectivity index (χ0) is 18.4. The average Bonchev–Trinajstić information content (AvgIpc) is 3.13. The topological polar surface area (TPSA) is 25.2 Å². The second kappa shape index (κ2) is 7.08. The normalized spacial score (nSPS) is 15.8. The van der Waals surface area contributed by atoms with E-state index in [9.17, 15) is 4.79 Å². The summed E-state index contributed by atoms with van der Waals surface area (Å²) >= 11 is 19.3. The number of halogens is 3. The Labute approximate surface area is 171 Å². The number of fused-ring (bicyclic) bond motifs is 1. The van der Waals surface area contributed by atoms with E-state index >= 15 is 0 Å². The van der Waals surface area contributed by atoms with E-state index in [1.807, 2.05) is 4.90 Å². The lowest BCUT2D eigenvalue weighted by molar-refractivity contribution is 0.0718. The predicted octanol–water partition coefficient (Wildman–Crippen LogP) is 6.22. The minimum absolute atomic E-state index is 0.0785. The number of carbonyl (C=O) groups is 1. The van der Waals surface area contributed by atoms with Crippen LogP contribution in [0.2, 0.25) is 14.4 Å². The number of rotatable bonds is 2. The van der Waals surface area contributed by atoms with Gasteiger partial charge in [-0.1, -0.05) is 53.0 Å². The maximum Gasteiger partial charge on any atom is 0.265 e. The second-order valence-corrected chi connectivity index (χ2v) is 8.99. The number of hydrogen-bond donors (Lipinski definition) is 0. The van der Waals surface area contributed by atoms with Crippen LogP contribution in [0.4, 0.5) is 0 Å². The summed E-state index contributed by atoms with van der Waals surface area (Å²) in [5.41, 5.74) is 2.62. The van der Waals surface area contributed by atoms with Gasteiger partial charge in [-0.2, -0.15) is 0 Å². The van der Waals surface area contributed by atoms with Gasteiger partial charge in [0.2, 0.25) is 0 Å². The van der Waals surface area contributed by atoms with E-state index in [0.29, 0.717) is 28.2 Å². The molecule has 26 heavy (non-hydrogen) atoms. The van der Waals surface area contributed by atoms with Crippen LogP contribution in [-0.4, -0.2) is 28.5 Å². The molecule has 1 fully saturated rings. The minimum atomic E-state index is -0.0785. The lowest BCUT2D eigenvalue weighted by Crippen LogP contribution is -2.37. The van der Waals surface area contributed by atoms with Gasteiger partial charge in [-0.05, 0) is 30.4 Å². The molecule has 0 N–H and O–H groups in total. The summed E-state index contributed by atoms with van der Waals surface area (Å²) in [5, 5.41) is 1.84. The van der Waals surface area contributed by atoms with E-state index in [4.69, 9.17) is 34.8 Å². The van der Waals surface area contributed by atoms with Gasteiger partial charge in [0.05, 0.1) is 10.0 Å². The number of likely N-dealkylation sites (tertiary alicyclic amines) is 1. The number of thiophene rings is 1. The maximum absolute atomic E-state index is 12.8. The molecule has 0 unspecified atom stereocenters. The van der Waals surface area contributed by atoms with E-state index in [0.717, 1.165) is 24.2 Å². The number of aryl methyl sites for hydroxylation is 1. The number of nitrogens with zero attached hydrogens (tertiary/aromatic N) is 2. The Morgan fingerprint density at radius 1 is 1.12 bits per heavy atom. The van der Waals surface area contributed by atoms with E-state index in [1.165, 1.54) is 16.5 Å². The highest BCUT2D eigenvalue weighted by atomic mass is 35.5. The van der Waals surface area contributed by atoms with Gasteiger partial charge >= 0.3 is 0 Å². The fourth-order valence-electron chi connectivity index (χ4n) is 3.74. The molecular formula is C19H17Cl3N2OS. The van der Waals surface area contributed by atoms with Gasteiger partial charge < -0.3 is 9.47 Å². The molecular weight excluding hydrogens is 411 g/mol. The van der Waals surface area contributed by atoms with Crippen molar-refractivity contribution in [2.24, 2.45) is 7.05 Å². The molecule has 1 aliphatic rings. The Hall–Kier alpha value is -1.20. The summed E-state index contributed by atoms with van der Waals surface area (Å²) in [6.45, 7) is 1.41. The molecule has 1 aliphatic heterocycles. The zero-order valence-corrected chi connectivity index (χ0v) is 17.2. The number of carbonyl (C=O) groups excluding carboxylic acids is 1. The monoisotopic (exact) mass is 426 g/mol. The van der Waals surface area contributed by atoms with E-state index < -0.39 is 0 Å². The third kappa shape index (κ3) is 3.03. The molecule has 1 saturated heterocycles. The maximum atomic E-state index is 12.8. The van der Waals surface area contributed by atoms with Crippen LogP contribution in [0.3, 0.4) is 0 Å². The standard InChI is InChI=1S/C19H17Cl3N2OS/c1-23-10-13(12-4-2-3-5-14(12)23)11-6-8-24(9-7-11)19(25)17-15(20)16(21)18(22)26-17/h2-5,10-11H,6-9H2,1H3. The molecule has 0 spiro atoms. The summed E-state index contributed by atoms with van der Waals surface area (Å²) in [4.78, 5) is 15.1.